The van der Waals surface area contributed by atoms with Gasteiger partial charge < -0.3 is 19.3 Å². The molecule has 9 nitrogen and oxygen atoms in total. The van der Waals surface area contributed by atoms with Crippen LogP contribution in [0.5, 0.6) is 5.75 Å². The van der Waals surface area contributed by atoms with Crippen LogP contribution in [0.1, 0.15) is 6.92 Å². The van der Waals surface area contributed by atoms with Gasteiger partial charge in [-0.2, -0.15) is 4.98 Å². The van der Waals surface area contributed by atoms with Crippen molar-refractivity contribution in [1.29, 1.82) is 0 Å². The molecule has 0 spiro atoms. The van der Waals surface area contributed by atoms with Crippen LogP contribution in [0, 0.1) is 5.82 Å². The van der Waals surface area contributed by atoms with Crippen LogP contribution in [0.25, 0.3) is 0 Å². The number of rotatable bonds is 7. The summed E-state index contributed by atoms with van der Waals surface area (Å²) in [5.74, 6) is 0.142. The highest BCUT2D eigenvalue weighted by Gasteiger charge is 2.22. The summed E-state index contributed by atoms with van der Waals surface area (Å²) in [6, 6.07) is 3.50. The maximum atomic E-state index is 14.1. The van der Waals surface area contributed by atoms with Crippen molar-refractivity contribution in [2.45, 2.75) is 11.8 Å². The summed E-state index contributed by atoms with van der Waals surface area (Å²) in [5.41, 5.74) is 0.196. The number of anilines is 3. The molecule has 2 heterocycles. The molecule has 0 saturated carbocycles. The minimum absolute atomic E-state index is 0.00127. The Bertz CT molecular complexity index is 965. The zero-order chi connectivity index (χ0) is 21.0. The second kappa shape index (κ2) is 8.78. The van der Waals surface area contributed by atoms with Crippen LogP contribution in [0.3, 0.4) is 0 Å². The molecule has 1 aromatic carbocycles. The van der Waals surface area contributed by atoms with Crippen LogP contribution >= 0.6 is 0 Å². The molecule has 0 radical (unpaired) electrons. The lowest BCUT2D eigenvalue weighted by molar-refractivity contribution is 0.122. The third-order valence-electron chi connectivity index (χ3n) is 4.23. The zero-order valence-electron chi connectivity index (χ0n) is 16.6. The van der Waals surface area contributed by atoms with Gasteiger partial charge in [-0.25, -0.2) is 17.8 Å². The largest absolute Gasteiger partial charge is 0.491 e. The second-order valence-electron chi connectivity index (χ2n) is 6.53. The van der Waals surface area contributed by atoms with E-state index in [4.69, 9.17) is 9.47 Å². The Balaban J connectivity index is 1.88. The van der Waals surface area contributed by atoms with Crippen molar-refractivity contribution >= 4 is 27.5 Å². The molecule has 1 aliphatic rings. The molecular weight excluding hydrogens is 401 g/mol. The fourth-order valence-electron chi connectivity index (χ4n) is 2.82. The Hall–Kier alpha value is -2.66. The van der Waals surface area contributed by atoms with E-state index in [1.807, 2.05) is 4.90 Å². The van der Waals surface area contributed by atoms with Crippen LogP contribution in [0.15, 0.2) is 29.3 Å². The lowest BCUT2D eigenvalue weighted by atomic mass is 10.3. The summed E-state index contributed by atoms with van der Waals surface area (Å²) in [6.07, 6.45) is 1.41. The van der Waals surface area contributed by atoms with Gasteiger partial charge in [0.15, 0.2) is 17.4 Å². The molecule has 3 rings (SSSR count). The standard InChI is InChI=1S/C18H24FN5O4S/c1-4-28-16-6-5-13(11-14(16)19)29(25,26)22-15-12-20-18(21-17(15)23(2)3)24-7-9-27-10-8-24/h5-6,11-12,22H,4,7-10H2,1-3H3. The maximum absolute atomic E-state index is 14.1. The Morgan fingerprint density at radius 2 is 2.03 bits per heavy atom. The second-order valence-corrected chi connectivity index (χ2v) is 8.21. The first kappa shape index (κ1) is 21.1. The quantitative estimate of drug-likeness (QED) is 0.716. The van der Waals surface area contributed by atoms with Crippen molar-refractivity contribution in [3.63, 3.8) is 0 Å². The number of benzene rings is 1. The van der Waals surface area contributed by atoms with Gasteiger partial charge in [-0.1, -0.05) is 0 Å². The molecule has 1 fully saturated rings. The van der Waals surface area contributed by atoms with E-state index in [1.54, 1.807) is 25.9 Å². The van der Waals surface area contributed by atoms with Crippen LogP contribution in [-0.2, 0) is 14.8 Å². The van der Waals surface area contributed by atoms with Crippen molar-refractivity contribution in [2.75, 3.05) is 61.5 Å². The summed E-state index contributed by atoms with van der Waals surface area (Å²) in [7, 11) is -0.548. The third-order valence-corrected chi connectivity index (χ3v) is 5.59. The molecule has 1 saturated heterocycles. The van der Waals surface area contributed by atoms with E-state index in [0.717, 1.165) is 6.07 Å². The number of morpholine rings is 1. The van der Waals surface area contributed by atoms with Gasteiger partial charge in [0.25, 0.3) is 10.0 Å². The highest BCUT2D eigenvalue weighted by molar-refractivity contribution is 7.92. The Morgan fingerprint density at radius 3 is 2.66 bits per heavy atom. The number of hydrogen-bond acceptors (Lipinski definition) is 8. The van der Waals surface area contributed by atoms with E-state index < -0.39 is 15.8 Å². The van der Waals surface area contributed by atoms with Gasteiger partial charge in [0.2, 0.25) is 5.95 Å². The molecule has 0 aliphatic carbocycles. The first-order valence-corrected chi connectivity index (χ1v) is 10.6. The number of ether oxygens (including phenoxy) is 2. The van der Waals surface area contributed by atoms with E-state index in [2.05, 4.69) is 14.7 Å². The molecule has 0 amide bonds. The molecule has 2 aromatic rings. The fraction of sp³-hybridized carbons (Fsp3) is 0.444. The molecule has 1 aliphatic heterocycles. The van der Waals surface area contributed by atoms with Gasteiger partial charge in [-0.3, -0.25) is 4.72 Å². The Morgan fingerprint density at radius 1 is 1.31 bits per heavy atom. The van der Waals surface area contributed by atoms with Crippen LogP contribution in [-0.4, -0.2) is 65.4 Å². The molecule has 0 atom stereocenters. The van der Waals surface area contributed by atoms with E-state index >= 15 is 0 Å². The van der Waals surface area contributed by atoms with Gasteiger partial charge in [0.1, 0.15) is 5.69 Å². The highest BCUT2D eigenvalue weighted by atomic mass is 32.2. The van der Waals surface area contributed by atoms with Crippen molar-refractivity contribution in [1.82, 2.24) is 9.97 Å². The lowest BCUT2D eigenvalue weighted by Crippen LogP contribution is -2.37. The van der Waals surface area contributed by atoms with Gasteiger partial charge >= 0.3 is 0 Å². The topological polar surface area (TPSA) is 96.9 Å². The van der Waals surface area contributed by atoms with E-state index in [9.17, 15) is 12.8 Å². The number of nitrogens with one attached hydrogen (secondary N) is 1. The highest BCUT2D eigenvalue weighted by Crippen LogP contribution is 2.28. The normalized spacial score (nSPS) is 14.6. The van der Waals surface area contributed by atoms with Crippen molar-refractivity contribution in [3.8, 4) is 5.75 Å². The van der Waals surface area contributed by atoms with Gasteiger partial charge in [-0.15, -0.1) is 0 Å². The number of nitrogens with zero attached hydrogens (tertiary/aromatic N) is 4. The summed E-state index contributed by atoms with van der Waals surface area (Å²) >= 11 is 0. The molecule has 1 aromatic heterocycles. The molecule has 0 unspecified atom stereocenters. The van der Waals surface area contributed by atoms with Gasteiger partial charge in [0.05, 0.1) is 30.9 Å². The summed E-state index contributed by atoms with van der Waals surface area (Å²) in [6.45, 7) is 4.47. The molecular formula is C18H24FN5O4S. The van der Waals surface area contributed by atoms with E-state index in [1.165, 1.54) is 18.3 Å². The molecule has 0 bridgehead atoms. The Kier molecular flexibility index (Phi) is 6.38. The smallest absolute Gasteiger partial charge is 0.262 e. The predicted molar refractivity (Wildman–Crippen MR) is 108 cm³/mol. The monoisotopic (exact) mass is 425 g/mol. The number of sulfonamides is 1. The van der Waals surface area contributed by atoms with Crippen molar-refractivity contribution < 1.29 is 22.3 Å². The Labute approximate surface area is 169 Å². The number of hydrogen-bond donors (Lipinski definition) is 1. The SMILES string of the molecule is CCOc1ccc(S(=O)(=O)Nc2cnc(N3CCOCC3)nc2N(C)C)cc1F. The van der Waals surface area contributed by atoms with Crippen molar-refractivity contribution in [2.24, 2.45) is 0 Å². The minimum Gasteiger partial charge on any atom is -0.491 e. The zero-order valence-corrected chi connectivity index (χ0v) is 17.4. The predicted octanol–water partition coefficient (Wildman–Crippen LogP) is 1.72. The first-order valence-electron chi connectivity index (χ1n) is 9.14. The third kappa shape index (κ3) is 4.85. The molecule has 1 N–H and O–H groups in total. The summed E-state index contributed by atoms with van der Waals surface area (Å²) < 4.78 is 52.5. The fourth-order valence-corrected chi connectivity index (χ4v) is 3.87. The first-order chi connectivity index (χ1) is 13.8. The maximum Gasteiger partial charge on any atom is 0.262 e. The number of aromatic nitrogens is 2. The van der Waals surface area contributed by atoms with Crippen LogP contribution < -0.4 is 19.3 Å². The van der Waals surface area contributed by atoms with Crippen molar-refractivity contribution in [3.05, 3.63) is 30.2 Å². The average Bonchev–Trinajstić information content (AvgIpc) is 2.70. The van der Waals surface area contributed by atoms with Gasteiger partial charge in [-0.05, 0) is 25.1 Å². The van der Waals surface area contributed by atoms with Gasteiger partial charge in [0, 0.05) is 27.2 Å². The minimum atomic E-state index is -4.05. The number of halogens is 1. The lowest BCUT2D eigenvalue weighted by Gasteiger charge is -2.28. The average molecular weight is 425 g/mol. The van der Waals surface area contributed by atoms with E-state index in [-0.39, 0.29) is 22.9 Å². The van der Waals surface area contributed by atoms with Crippen LogP contribution in [0.4, 0.5) is 21.8 Å². The molecule has 158 valence electrons. The summed E-state index contributed by atoms with van der Waals surface area (Å²) in [4.78, 5) is 12.2. The molecule has 29 heavy (non-hydrogen) atoms. The van der Waals surface area contributed by atoms with Crippen LogP contribution in [0.2, 0.25) is 0 Å². The summed E-state index contributed by atoms with van der Waals surface area (Å²) in [5, 5.41) is 0. The van der Waals surface area contributed by atoms with E-state index in [0.29, 0.717) is 38.1 Å². The molecule has 11 heteroatoms.